The van der Waals surface area contributed by atoms with E-state index in [4.69, 9.17) is 0 Å². The fraction of sp³-hybridized carbons (Fsp3) is 0.917. The lowest BCUT2D eigenvalue weighted by atomic mass is 9.92. The summed E-state index contributed by atoms with van der Waals surface area (Å²) in [7, 11) is 0. The van der Waals surface area contributed by atoms with Crippen molar-refractivity contribution in [1.82, 2.24) is 10.2 Å². The van der Waals surface area contributed by atoms with Crippen molar-refractivity contribution in [1.29, 1.82) is 0 Å². The van der Waals surface area contributed by atoms with Crippen LogP contribution >= 0.6 is 0 Å². The molecule has 1 atom stereocenters. The van der Waals surface area contributed by atoms with Gasteiger partial charge in [-0.1, -0.05) is 20.3 Å². The number of hydrogen-bond acceptors (Lipinski definition) is 2. The van der Waals surface area contributed by atoms with Crippen LogP contribution in [0.25, 0.3) is 0 Å². The average Bonchev–Trinajstić information content (AvgIpc) is 2.47. The van der Waals surface area contributed by atoms with E-state index in [1.807, 2.05) is 4.90 Å². The van der Waals surface area contributed by atoms with Crippen molar-refractivity contribution in [2.45, 2.75) is 45.6 Å². The van der Waals surface area contributed by atoms with Crippen LogP contribution in [0.2, 0.25) is 0 Å². The summed E-state index contributed by atoms with van der Waals surface area (Å²) in [6.45, 7) is 7.11. The van der Waals surface area contributed by atoms with Crippen LogP contribution < -0.4 is 5.32 Å². The summed E-state index contributed by atoms with van der Waals surface area (Å²) in [5, 5.41) is 3.50. The van der Waals surface area contributed by atoms with Crippen LogP contribution in [0.5, 0.6) is 0 Å². The van der Waals surface area contributed by atoms with E-state index in [1.54, 1.807) is 0 Å². The molecule has 2 rings (SSSR count). The number of nitrogens with one attached hydrogen (secondary N) is 1. The monoisotopic (exact) mass is 210 g/mol. The SMILES string of the molecule is CC1(C)CCN(CC2CCCCN2)C1=O. The standard InChI is InChI=1S/C12H22N2O/c1-12(2)6-8-14(11(12)15)9-10-5-3-4-7-13-10/h10,13H,3-9H2,1-2H3. The number of rotatable bonds is 2. The molecule has 15 heavy (non-hydrogen) atoms. The lowest BCUT2D eigenvalue weighted by Crippen LogP contribution is -2.45. The minimum Gasteiger partial charge on any atom is -0.341 e. The lowest BCUT2D eigenvalue weighted by Gasteiger charge is -2.28. The third-order valence-corrected chi connectivity index (χ3v) is 3.73. The number of piperidine rings is 1. The summed E-state index contributed by atoms with van der Waals surface area (Å²) in [4.78, 5) is 14.0. The summed E-state index contributed by atoms with van der Waals surface area (Å²) in [6.07, 6.45) is 4.84. The Labute approximate surface area is 92.2 Å². The third-order valence-electron chi connectivity index (χ3n) is 3.73. The van der Waals surface area contributed by atoms with Crippen LogP contribution in [0.3, 0.4) is 0 Å². The highest BCUT2D eigenvalue weighted by atomic mass is 16.2. The fourth-order valence-corrected chi connectivity index (χ4v) is 2.57. The van der Waals surface area contributed by atoms with Crippen LogP contribution in [-0.2, 0) is 4.79 Å². The van der Waals surface area contributed by atoms with Gasteiger partial charge in [-0.05, 0) is 25.8 Å². The molecule has 2 fully saturated rings. The molecule has 0 radical (unpaired) electrons. The molecule has 1 unspecified atom stereocenters. The summed E-state index contributed by atoms with van der Waals surface area (Å²) < 4.78 is 0. The normalized spacial score (nSPS) is 30.9. The molecule has 2 heterocycles. The van der Waals surface area contributed by atoms with Crippen molar-refractivity contribution < 1.29 is 4.79 Å². The predicted octanol–water partition coefficient (Wildman–Crippen LogP) is 1.39. The number of hydrogen-bond donors (Lipinski definition) is 1. The number of carbonyl (C=O) groups excluding carboxylic acids is 1. The first-order chi connectivity index (χ1) is 7.09. The predicted molar refractivity (Wildman–Crippen MR) is 60.6 cm³/mol. The first-order valence-corrected chi connectivity index (χ1v) is 6.12. The molecular weight excluding hydrogens is 188 g/mol. The van der Waals surface area contributed by atoms with Crippen LogP contribution in [-0.4, -0.2) is 36.5 Å². The summed E-state index contributed by atoms with van der Waals surface area (Å²) in [5.74, 6) is 0.342. The second kappa shape index (κ2) is 4.12. The van der Waals surface area contributed by atoms with Crippen LogP contribution in [0.15, 0.2) is 0 Å². The third kappa shape index (κ3) is 2.33. The highest BCUT2D eigenvalue weighted by molar-refractivity contribution is 5.84. The fourth-order valence-electron chi connectivity index (χ4n) is 2.57. The molecule has 3 nitrogen and oxygen atoms in total. The smallest absolute Gasteiger partial charge is 0.228 e. The second-order valence-electron chi connectivity index (χ2n) is 5.53. The molecule has 1 N–H and O–H groups in total. The van der Waals surface area contributed by atoms with Crippen LogP contribution in [0, 0.1) is 5.41 Å². The molecule has 0 aliphatic carbocycles. The second-order valence-corrected chi connectivity index (χ2v) is 5.53. The molecule has 0 bridgehead atoms. The number of likely N-dealkylation sites (tertiary alicyclic amines) is 1. The van der Waals surface area contributed by atoms with Crippen molar-refractivity contribution in [3.05, 3.63) is 0 Å². The van der Waals surface area contributed by atoms with Crippen molar-refractivity contribution >= 4 is 5.91 Å². The largest absolute Gasteiger partial charge is 0.341 e. The van der Waals surface area contributed by atoms with Gasteiger partial charge < -0.3 is 10.2 Å². The maximum Gasteiger partial charge on any atom is 0.228 e. The number of amides is 1. The van der Waals surface area contributed by atoms with Gasteiger partial charge in [0.25, 0.3) is 0 Å². The van der Waals surface area contributed by atoms with Gasteiger partial charge >= 0.3 is 0 Å². The van der Waals surface area contributed by atoms with Gasteiger partial charge in [0, 0.05) is 24.5 Å². The highest BCUT2D eigenvalue weighted by Crippen LogP contribution is 2.30. The molecule has 0 saturated carbocycles. The van der Waals surface area contributed by atoms with Gasteiger partial charge in [0.05, 0.1) is 0 Å². The van der Waals surface area contributed by atoms with Crippen molar-refractivity contribution in [2.24, 2.45) is 5.41 Å². The topological polar surface area (TPSA) is 32.3 Å². The zero-order valence-electron chi connectivity index (χ0n) is 9.88. The maximum atomic E-state index is 12.0. The number of nitrogens with zero attached hydrogens (tertiary/aromatic N) is 1. The van der Waals surface area contributed by atoms with Gasteiger partial charge in [-0.15, -0.1) is 0 Å². The molecule has 2 aliphatic heterocycles. The molecule has 0 aromatic carbocycles. The molecule has 0 aromatic rings. The lowest BCUT2D eigenvalue weighted by molar-refractivity contribution is -0.134. The Kier molecular flexibility index (Phi) is 3.01. The molecule has 1 amide bonds. The zero-order chi connectivity index (χ0) is 10.9. The summed E-state index contributed by atoms with van der Waals surface area (Å²) in [6, 6.07) is 0.539. The first-order valence-electron chi connectivity index (χ1n) is 6.12. The molecule has 2 aliphatic rings. The molecule has 3 heteroatoms. The van der Waals surface area contributed by atoms with Gasteiger partial charge in [-0.25, -0.2) is 0 Å². The van der Waals surface area contributed by atoms with Gasteiger partial charge in [-0.3, -0.25) is 4.79 Å². The van der Waals surface area contributed by atoms with E-state index in [1.165, 1.54) is 19.3 Å². The van der Waals surface area contributed by atoms with E-state index >= 15 is 0 Å². The molecule has 0 spiro atoms. The Morgan fingerprint density at radius 3 is 2.80 bits per heavy atom. The van der Waals surface area contributed by atoms with E-state index in [9.17, 15) is 4.79 Å². The van der Waals surface area contributed by atoms with E-state index in [0.717, 1.165) is 26.1 Å². The maximum absolute atomic E-state index is 12.0. The molecular formula is C12H22N2O. The Hall–Kier alpha value is -0.570. The highest BCUT2D eigenvalue weighted by Gasteiger charge is 2.39. The summed E-state index contributed by atoms with van der Waals surface area (Å²) in [5.41, 5.74) is -0.116. The van der Waals surface area contributed by atoms with Gasteiger partial charge in [0.15, 0.2) is 0 Å². The quantitative estimate of drug-likeness (QED) is 0.747. The van der Waals surface area contributed by atoms with Crippen molar-refractivity contribution in [3.8, 4) is 0 Å². The van der Waals surface area contributed by atoms with Crippen LogP contribution in [0.1, 0.15) is 39.5 Å². The summed E-state index contributed by atoms with van der Waals surface area (Å²) >= 11 is 0. The van der Waals surface area contributed by atoms with E-state index in [-0.39, 0.29) is 5.41 Å². The molecule has 0 aromatic heterocycles. The van der Waals surface area contributed by atoms with E-state index in [0.29, 0.717) is 11.9 Å². The Balaban J connectivity index is 1.87. The zero-order valence-corrected chi connectivity index (χ0v) is 9.88. The van der Waals surface area contributed by atoms with Crippen molar-refractivity contribution in [2.75, 3.05) is 19.6 Å². The van der Waals surface area contributed by atoms with E-state index < -0.39 is 0 Å². The van der Waals surface area contributed by atoms with Crippen molar-refractivity contribution in [3.63, 3.8) is 0 Å². The van der Waals surface area contributed by atoms with Crippen LogP contribution in [0.4, 0.5) is 0 Å². The Morgan fingerprint density at radius 2 is 2.27 bits per heavy atom. The Bertz CT molecular complexity index is 244. The number of carbonyl (C=O) groups is 1. The van der Waals surface area contributed by atoms with E-state index in [2.05, 4.69) is 19.2 Å². The van der Waals surface area contributed by atoms with Gasteiger partial charge in [-0.2, -0.15) is 0 Å². The van der Waals surface area contributed by atoms with Gasteiger partial charge in [0.2, 0.25) is 5.91 Å². The average molecular weight is 210 g/mol. The first kappa shape index (κ1) is 10.9. The minimum absolute atomic E-state index is 0.116. The minimum atomic E-state index is -0.116. The Morgan fingerprint density at radius 1 is 1.47 bits per heavy atom. The molecule has 86 valence electrons. The van der Waals surface area contributed by atoms with Gasteiger partial charge in [0.1, 0.15) is 0 Å². The molecule has 2 saturated heterocycles.